The molecule has 2 amide bonds. The number of hydrogen-bond donors (Lipinski definition) is 0. The van der Waals surface area contributed by atoms with Crippen molar-refractivity contribution in [3.63, 3.8) is 0 Å². The van der Waals surface area contributed by atoms with E-state index in [1.54, 1.807) is 9.80 Å². The van der Waals surface area contributed by atoms with Crippen LogP contribution in [-0.2, 0) is 22.4 Å². The number of carbonyl (C=O) groups is 2. The van der Waals surface area contributed by atoms with Crippen LogP contribution in [0.25, 0.3) is 65.9 Å². The fraction of sp³-hybridized carbons (Fsp3) is 0.364. The summed E-state index contributed by atoms with van der Waals surface area (Å²) in [6.45, 7) is 9.22. The number of benzene rings is 2. The highest BCUT2D eigenvalue weighted by atomic mass is 32.2. The minimum atomic E-state index is -0.0987. The van der Waals surface area contributed by atoms with E-state index in [-0.39, 0.29) is 11.8 Å². The number of aromatic nitrogens is 4. The van der Waals surface area contributed by atoms with E-state index in [4.69, 9.17) is 41.9 Å². The van der Waals surface area contributed by atoms with Gasteiger partial charge in [-0.1, -0.05) is 100 Å². The van der Waals surface area contributed by atoms with Crippen molar-refractivity contribution in [2.45, 2.75) is 91.9 Å². The van der Waals surface area contributed by atoms with Gasteiger partial charge in [0.15, 0.2) is 0 Å². The molecule has 2 aromatic carbocycles. The van der Waals surface area contributed by atoms with Crippen molar-refractivity contribution in [2.24, 2.45) is 0 Å². The van der Waals surface area contributed by atoms with E-state index < -0.39 is 0 Å². The van der Waals surface area contributed by atoms with Crippen LogP contribution in [-0.4, -0.2) is 60.8 Å². The lowest BCUT2D eigenvalue weighted by molar-refractivity contribution is -0.122. The van der Waals surface area contributed by atoms with E-state index >= 15 is 0 Å². The van der Waals surface area contributed by atoms with Crippen molar-refractivity contribution in [3.05, 3.63) is 54.0 Å². The zero-order chi connectivity index (χ0) is 43.7. The Bertz CT molecular complexity index is 2760. The normalized spacial score (nSPS) is 15.8. The van der Waals surface area contributed by atoms with Gasteiger partial charge in [0.25, 0.3) is 11.8 Å². The number of rotatable bonds is 16. The number of aryl methyl sites for hydroxylation is 2. The summed E-state index contributed by atoms with van der Waals surface area (Å²) in [6.07, 6.45) is 14.1. The zero-order valence-corrected chi connectivity index (χ0v) is 41.0. The van der Waals surface area contributed by atoms with Gasteiger partial charge in [0.05, 0.1) is 44.4 Å². The van der Waals surface area contributed by atoms with Gasteiger partial charge in [-0.3, -0.25) is 19.4 Å². The maximum atomic E-state index is 13.4. The molecule has 6 aromatic rings. The van der Waals surface area contributed by atoms with E-state index in [1.165, 1.54) is 46.2 Å². The highest BCUT2D eigenvalue weighted by Gasteiger charge is 2.34. The molecule has 0 N–H and O–H groups in total. The topological polar surface area (TPSA) is 140 Å². The largest absolute Gasteiger partial charge is 0.293 e. The van der Waals surface area contributed by atoms with Gasteiger partial charge in [-0.15, -0.1) is 22.7 Å². The molecule has 0 saturated carbocycles. The van der Waals surface area contributed by atoms with Crippen LogP contribution >= 0.6 is 94.1 Å². The van der Waals surface area contributed by atoms with Gasteiger partial charge in [0.2, 0.25) is 0 Å². The maximum Gasteiger partial charge on any atom is 0.266 e. The number of thioether (sulfide) groups is 2. The fourth-order valence-corrected chi connectivity index (χ4v) is 14.4. The van der Waals surface area contributed by atoms with E-state index in [0.717, 1.165) is 118 Å². The number of amides is 2. The van der Waals surface area contributed by atoms with Crippen molar-refractivity contribution < 1.29 is 9.59 Å². The molecule has 18 heteroatoms. The van der Waals surface area contributed by atoms with Crippen LogP contribution in [0.5, 0.6) is 0 Å². The maximum absolute atomic E-state index is 13.4. The van der Waals surface area contributed by atoms with Gasteiger partial charge in [-0.2, -0.15) is 28.0 Å². The van der Waals surface area contributed by atoms with Crippen LogP contribution in [0.15, 0.2) is 21.9 Å². The Labute approximate surface area is 395 Å². The zero-order valence-electron chi connectivity index (χ0n) is 34.5. The standard InChI is InChI=1S/C44H40N8O2S8/c1-5-9-11-13-15-23-17-29(57-27(23)19-31-41(53)51(7-3)43(55)59-31)33-25(21-45)35-36(39-37(33)47-61-49-39)26(22-46)34(38-40(35)50-62-48-38)30-18-24(16-14-12-10-6-2)28(58-30)20-32-42(54)52(8-4)44(56)60-32/h17-20H,5-16H2,1-4H3/b31-19-,32-20+. The number of fused-ring (bicyclic) bond motifs is 5. The molecule has 10 nitrogen and oxygen atoms in total. The van der Waals surface area contributed by atoms with Crippen LogP contribution in [0.2, 0.25) is 0 Å². The summed E-state index contributed by atoms with van der Waals surface area (Å²) >= 11 is 18.8. The predicted molar refractivity (Wildman–Crippen MR) is 269 cm³/mol. The summed E-state index contributed by atoms with van der Waals surface area (Å²) in [4.78, 5) is 34.7. The first kappa shape index (κ1) is 44.6. The molecule has 2 fully saturated rings. The minimum absolute atomic E-state index is 0.0987. The summed E-state index contributed by atoms with van der Waals surface area (Å²) in [6, 6.07) is 9.30. The summed E-state index contributed by atoms with van der Waals surface area (Å²) in [7, 11) is 0. The molecule has 6 heterocycles. The summed E-state index contributed by atoms with van der Waals surface area (Å²) in [5.41, 5.74) is 6.26. The predicted octanol–water partition coefficient (Wildman–Crippen LogP) is 12.7. The summed E-state index contributed by atoms with van der Waals surface area (Å²) in [5.74, 6) is -0.197. The molecule has 0 unspecified atom stereocenters. The van der Waals surface area contributed by atoms with Crippen molar-refractivity contribution >= 4 is 160 Å². The van der Waals surface area contributed by atoms with Crippen LogP contribution < -0.4 is 0 Å². The van der Waals surface area contributed by atoms with Gasteiger partial charge in [-0.25, -0.2) is 0 Å². The molecular formula is C44H40N8O2S8. The third-order valence-electron chi connectivity index (χ3n) is 11.1. The molecule has 0 bridgehead atoms. The quantitative estimate of drug-likeness (QED) is 0.0518. The first-order valence-corrected chi connectivity index (χ1v) is 26.2. The number of nitriles is 2. The molecule has 8 rings (SSSR count). The highest BCUT2D eigenvalue weighted by Crippen LogP contribution is 2.50. The van der Waals surface area contributed by atoms with Gasteiger partial charge >= 0.3 is 0 Å². The molecule has 0 spiro atoms. The third kappa shape index (κ3) is 8.18. The van der Waals surface area contributed by atoms with E-state index in [1.807, 2.05) is 26.0 Å². The second-order valence-corrected chi connectivity index (χ2v) is 21.4. The smallest absolute Gasteiger partial charge is 0.266 e. The molecule has 0 atom stereocenters. The second kappa shape index (κ2) is 19.4. The lowest BCUT2D eigenvalue weighted by Crippen LogP contribution is -2.27. The van der Waals surface area contributed by atoms with Crippen LogP contribution in [0.4, 0.5) is 0 Å². The van der Waals surface area contributed by atoms with Crippen LogP contribution in [0.3, 0.4) is 0 Å². The summed E-state index contributed by atoms with van der Waals surface area (Å²) < 4.78 is 20.4. The SMILES string of the molecule is CCCCCCc1cc(-c2c(C#N)c3c4nsnc4c(-c4cc(CCCCCC)c(/C=C5/SC(=S)N(CC)C5=O)s4)c(C#N)c3c3nsnc23)sc1/C=C1\SC(=S)N(CC)C1=O. The van der Waals surface area contributed by atoms with Gasteiger partial charge in [-0.05, 0) is 74.9 Å². The molecule has 2 saturated heterocycles. The second-order valence-electron chi connectivity index (χ2n) is 14.9. The van der Waals surface area contributed by atoms with E-state index in [2.05, 4.69) is 38.1 Å². The van der Waals surface area contributed by atoms with E-state index in [9.17, 15) is 20.1 Å². The van der Waals surface area contributed by atoms with Crippen molar-refractivity contribution in [1.29, 1.82) is 10.5 Å². The van der Waals surface area contributed by atoms with Crippen molar-refractivity contribution in [1.82, 2.24) is 27.3 Å². The Morgan fingerprint density at radius 3 is 1.37 bits per heavy atom. The third-order valence-corrected chi connectivity index (χ3v) is 17.2. The number of unbranched alkanes of at least 4 members (excludes halogenated alkanes) is 6. The van der Waals surface area contributed by atoms with Crippen LogP contribution in [0, 0.1) is 22.7 Å². The fourth-order valence-electron chi connectivity index (χ4n) is 7.98. The number of thiophene rings is 2. The Morgan fingerprint density at radius 2 is 1.02 bits per heavy atom. The molecule has 4 aromatic heterocycles. The minimum Gasteiger partial charge on any atom is -0.293 e. The number of likely N-dealkylation sites (N-methyl/N-ethyl adjacent to an activating group) is 2. The van der Waals surface area contributed by atoms with Gasteiger partial charge < -0.3 is 0 Å². The Morgan fingerprint density at radius 1 is 0.613 bits per heavy atom. The monoisotopic (exact) mass is 968 g/mol. The molecule has 0 aliphatic carbocycles. The van der Waals surface area contributed by atoms with Gasteiger partial charge in [0, 0.05) is 54.5 Å². The van der Waals surface area contributed by atoms with E-state index in [0.29, 0.717) is 86.6 Å². The molecule has 2 aliphatic heterocycles. The Hall–Kier alpha value is -3.98. The first-order chi connectivity index (χ1) is 30.2. The number of hydrogen-bond acceptors (Lipinski definition) is 16. The average Bonchev–Trinajstić information content (AvgIpc) is 4.14. The lowest BCUT2D eigenvalue weighted by atomic mass is 9.89. The average molecular weight is 969 g/mol. The number of thiocarbonyl (C=S) groups is 2. The Kier molecular flexibility index (Phi) is 14.0. The Balaban J connectivity index is 1.33. The van der Waals surface area contributed by atoms with Crippen LogP contribution in [0.1, 0.15) is 111 Å². The highest BCUT2D eigenvalue weighted by molar-refractivity contribution is 8.27. The number of carbonyl (C=O) groups excluding carboxylic acids is 2. The molecule has 0 radical (unpaired) electrons. The molecule has 316 valence electrons. The first-order valence-electron chi connectivity index (χ1n) is 20.6. The molecule has 2 aliphatic rings. The molecule has 62 heavy (non-hydrogen) atoms. The van der Waals surface area contributed by atoms with Crippen molar-refractivity contribution in [3.8, 4) is 33.0 Å². The lowest BCUT2D eigenvalue weighted by Gasteiger charge is -2.12. The van der Waals surface area contributed by atoms with Crippen molar-refractivity contribution in [2.75, 3.05) is 13.1 Å². The summed E-state index contributed by atoms with van der Waals surface area (Å²) in [5, 5.41) is 23.4. The van der Waals surface area contributed by atoms with Gasteiger partial charge in [0.1, 0.15) is 42.8 Å². The molecular weight excluding hydrogens is 929 g/mol. The number of nitrogens with zero attached hydrogens (tertiary/aromatic N) is 8.